The van der Waals surface area contributed by atoms with Crippen LogP contribution in [-0.2, 0) is 0 Å². The first-order valence-electron chi connectivity index (χ1n) is 26.4. The van der Waals surface area contributed by atoms with Crippen LogP contribution in [0.15, 0.2) is 59.0 Å². The molecule has 0 spiro atoms. The smallest absolute Gasteiger partial charge is 0.145 e. The van der Waals surface area contributed by atoms with E-state index in [0.29, 0.717) is 0 Å². The Morgan fingerprint density at radius 2 is 0.542 bits per heavy atom. The fourth-order valence-electron chi connectivity index (χ4n) is 14.3. The molecule has 0 bridgehead atoms. The van der Waals surface area contributed by atoms with E-state index < -0.39 is 0 Å². The fourth-order valence-corrected chi connectivity index (χ4v) is 14.3. The van der Waals surface area contributed by atoms with Crippen LogP contribution in [0, 0.1) is 0 Å². The summed E-state index contributed by atoms with van der Waals surface area (Å²) in [5.74, 6) is 0. The van der Waals surface area contributed by atoms with Gasteiger partial charge in [-0.2, -0.15) is 0 Å². The van der Waals surface area contributed by atoms with Crippen molar-refractivity contribution < 1.29 is 4.42 Å². The summed E-state index contributed by atoms with van der Waals surface area (Å²) in [5, 5.41) is 16.0. The molecule has 0 radical (unpaired) electrons. The highest BCUT2D eigenvalue weighted by atomic mass is 16.3. The van der Waals surface area contributed by atoms with Gasteiger partial charge in [-0.25, -0.2) is 0 Å². The second kappa shape index (κ2) is 16.8. The summed E-state index contributed by atoms with van der Waals surface area (Å²) in [4.78, 5) is 0. The Balaban J connectivity index is 1.29. The van der Waals surface area contributed by atoms with E-state index in [4.69, 9.17) is 4.42 Å². The zero-order valence-electron chi connectivity index (χ0n) is 47.1. The van der Waals surface area contributed by atoms with Gasteiger partial charge in [0.1, 0.15) is 176 Å². The average molecular weight is 895 g/mol. The van der Waals surface area contributed by atoms with Crippen molar-refractivity contribution in [1.82, 2.24) is 0 Å². The number of furan rings is 1. The predicted octanol–water partition coefficient (Wildman–Crippen LogP) is -22.2. The number of fused-ring (bicyclic) bond motifs is 9. The van der Waals surface area contributed by atoms with Crippen molar-refractivity contribution in [3.63, 3.8) is 0 Å². The third kappa shape index (κ3) is 6.26. The molecule has 11 aromatic rings. The van der Waals surface area contributed by atoms with E-state index in [1.165, 1.54) is 213 Å². The third-order valence-electron chi connectivity index (χ3n) is 19.6. The van der Waals surface area contributed by atoms with Crippen molar-refractivity contribution in [3.05, 3.63) is 54.6 Å². The van der Waals surface area contributed by atoms with E-state index in [2.05, 4.69) is 219 Å². The molecule has 1 aromatic heterocycles. The molecule has 0 aliphatic heterocycles. The van der Waals surface area contributed by atoms with Crippen LogP contribution in [-0.4, -0.2) is 165 Å². The summed E-state index contributed by atoms with van der Waals surface area (Å²) in [7, 11) is 49.5. The van der Waals surface area contributed by atoms with Gasteiger partial charge in [0.15, 0.2) is 0 Å². The van der Waals surface area contributed by atoms with Crippen LogP contribution in [0.5, 0.6) is 0 Å². The Kier molecular flexibility index (Phi) is 11.4. The molecule has 72 heavy (non-hydrogen) atoms. The minimum Gasteiger partial charge on any atom is -0.457 e. The fraction of sp³-hybridized carbons (Fsp3) is 0. The van der Waals surface area contributed by atoms with Crippen LogP contribution in [0.3, 0.4) is 0 Å². The molecule has 0 saturated carbocycles. The zero-order chi connectivity index (χ0) is 51.7. The molecule has 0 saturated heterocycles. The first-order chi connectivity index (χ1) is 34.1. The van der Waals surface area contributed by atoms with Crippen LogP contribution in [0.4, 0.5) is 0 Å². The van der Waals surface area contributed by atoms with Gasteiger partial charge in [-0.15, -0.1) is 32.8 Å². The summed E-state index contributed by atoms with van der Waals surface area (Å²) in [6.45, 7) is 0. The molecule has 0 aliphatic carbocycles. The van der Waals surface area contributed by atoms with Crippen LogP contribution in [0.2, 0.25) is 0 Å². The molecule has 22 heteroatoms. The molecule has 0 atom stereocenters. The maximum Gasteiger partial charge on any atom is 0.145 e. The van der Waals surface area contributed by atoms with E-state index in [-0.39, 0.29) is 0 Å². The van der Waals surface area contributed by atoms with Gasteiger partial charge in [0, 0.05) is 10.8 Å². The molecule has 10 aromatic carbocycles. The predicted molar refractivity (Wildman–Crippen MR) is 389 cm³/mol. The molecule has 0 fully saturated rings. The van der Waals surface area contributed by atoms with Gasteiger partial charge in [-0.1, -0.05) is 120 Å². The Hall–Kier alpha value is -5.34. The minimum absolute atomic E-state index is 1.02. The van der Waals surface area contributed by atoms with Crippen molar-refractivity contribution in [2.45, 2.75) is 0 Å². The second-order valence-corrected chi connectivity index (χ2v) is 22.5. The third-order valence-corrected chi connectivity index (χ3v) is 19.6. The number of benzene rings is 10. The molecule has 320 valence electrons. The summed E-state index contributed by atoms with van der Waals surface area (Å²) >= 11 is 0. The molecule has 11 rings (SSSR count). The van der Waals surface area contributed by atoms with Crippen molar-refractivity contribution >= 4 is 355 Å². The Morgan fingerprint density at radius 3 is 1.03 bits per heavy atom. The molecular weight excluding hydrogens is 844 g/mol. The lowest BCUT2D eigenvalue weighted by Crippen LogP contribution is -2.51. The zero-order valence-corrected chi connectivity index (χ0v) is 47.1. The summed E-state index contributed by atoms with van der Waals surface area (Å²) in [6, 6.07) is 20.6. The van der Waals surface area contributed by atoms with Crippen LogP contribution in [0.25, 0.3) is 109 Å². The highest BCUT2D eigenvalue weighted by Gasteiger charge is 2.31. The highest BCUT2D eigenvalue weighted by Crippen LogP contribution is 2.44. The molecule has 0 N–H and O–H groups in total. The Labute approximate surface area is 444 Å². The number of hydrogen-bond acceptors (Lipinski definition) is 1. The lowest BCUT2D eigenvalue weighted by molar-refractivity contribution is 0.675. The Morgan fingerprint density at radius 1 is 0.222 bits per heavy atom. The van der Waals surface area contributed by atoms with E-state index in [1.54, 1.807) is 0 Å². The topological polar surface area (TPSA) is 13.1 Å². The van der Waals surface area contributed by atoms with Crippen LogP contribution >= 0.6 is 0 Å². The van der Waals surface area contributed by atoms with Gasteiger partial charge in [0.25, 0.3) is 0 Å². The van der Waals surface area contributed by atoms with Gasteiger partial charge in [0.05, 0.1) is 0 Å². The van der Waals surface area contributed by atoms with E-state index >= 15 is 0 Å². The molecule has 1 nitrogen and oxygen atoms in total. The maximum atomic E-state index is 7.28. The van der Waals surface area contributed by atoms with E-state index in [1.807, 2.05) is 0 Å². The van der Waals surface area contributed by atoms with Gasteiger partial charge < -0.3 is 4.42 Å². The van der Waals surface area contributed by atoms with E-state index in [9.17, 15) is 0 Å². The van der Waals surface area contributed by atoms with Gasteiger partial charge in [0.2, 0.25) is 0 Å². The van der Waals surface area contributed by atoms with Crippen molar-refractivity contribution in [3.8, 4) is 33.4 Å². The number of hydrogen-bond donors (Lipinski definition) is 0. The molecular formula is C50H51B21O. The van der Waals surface area contributed by atoms with Crippen molar-refractivity contribution in [2.24, 2.45) is 0 Å². The summed E-state index contributed by atoms with van der Waals surface area (Å²) in [6.07, 6.45) is 0. The first kappa shape index (κ1) is 48.9. The lowest BCUT2D eigenvalue weighted by Gasteiger charge is -2.31. The van der Waals surface area contributed by atoms with Gasteiger partial charge in [-0.05, 0) is 104 Å². The molecule has 0 unspecified atom stereocenters. The summed E-state index contributed by atoms with van der Waals surface area (Å²) in [5.41, 5.74) is 38.5. The van der Waals surface area contributed by atoms with Crippen molar-refractivity contribution in [1.29, 1.82) is 0 Å². The Bertz CT molecular complexity index is 4300. The normalized spacial score (nSPS) is 11.9. The number of rotatable bonds is 3. The average Bonchev–Trinajstić information content (AvgIpc) is 3.79. The minimum atomic E-state index is 1.02. The van der Waals surface area contributed by atoms with E-state index in [0.717, 1.165) is 11.2 Å². The standard InChI is InChI=1S/C50H51B21O/c51-28-22-24(39(62)48(71)47(70)38(22)61)41(64)49-26(28)27-40(63)37(60)25(42(65)50(27)72-49)23-35(58)33(56)21(34(57)36(23)59)16-19-17(29(52)43(66)45(68)31(19)54)15(18-20(16)32(55)46(69)44(67)30(18)53)14-9-10-5-1-2-6-11(10)12-7-3-4-8-13(12)14/h1-9H,51-71H2. The van der Waals surface area contributed by atoms with Gasteiger partial charge >= 0.3 is 0 Å². The summed E-state index contributed by atoms with van der Waals surface area (Å²) < 4.78 is 7.28. The van der Waals surface area contributed by atoms with Crippen LogP contribution < -0.4 is 115 Å². The highest BCUT2D eigenvalue weighted by molar-refractivity contribution is 6.75. The maximum absolute atomic E-state index is 7.28. The second-order valence-electron chi connectivity index (χ2n) is 22.5. The molecule has 1 heterocycles. The molecule has 0 aliphatic rings. The lowest BCUT2D eigenvalue weighted by atomic mass is 9.56. The van der Waals surface area contributed by atoms with Crippen molar-refractivity contribution in [2.75, 3.05) is 0 Å². The monoisotopic (exact) mass is 899 g/mol. The SMILES string of the molecule is Bc1c(B)c(-c2c3c(B)c(B)c(B)c(B)c3c(-c3cc4ccccc4c4ccccc34)c3c(B)c(B)c(B)c(B)c23)c(B)c(B)c1-c1c(B)c(B)c2c(oc3c(B)c4c(B)c(B)c(B)c(B)c4c(B)c32)c1B. The first-order valence-corrected chi connectivity index (χ1v) is 26.4. The van der Waals surface area contributed by atoms with Crippen LogP contribution in [0.1, 0.15) is 0 Å². The largest absolute Gasteiger partial charge is 0.457 e. The van der Waals surface area contributed by atoms with Gasteiger partial charge in [-0.3, -0.25) is 0 Å². The quantitative estimate of drug-likeness (QED) is 0.0978. The molecule has 0 amide bonds.